The molecule has 1 fully saturated rings. The molecule has 2 heterocycles. The Labute approximate surface area is 141 Å². The molecule has 0 radical (unpaired) electrons. The molecule has 4 nitrogen and oxygen atoms in total. The highest BCUT2D eigenvalue weighted by Crippen LogP contribution is 2.31. The van der Waals surface area contributed by atoms with Gasteiger partial charge in [-0.2, -0.15) is 13.2 Å². The van der Waals surface area contributed by atoms with Gasteiger partial charge in [0, 0.05) is 24.6 Å². The Morgan fingerprint density at radius 1 is 1.36 bits per heavy atom. The number of piperidine rings is 1. The number of aryl methyl sites for hydroxylation is 1. The molecule has 1 aliphatic rings. The summed E-state index contributed by atoms with van der Waals surface area (Å²) < 4.78 is 51.3. The molecule has 1 N–H and O–H groups in total. The first-order chi connectivity index (χ1) is 11.8. The molecule has 0 aliphatic carbocycles. The van der Waals surface area contributed by atoms with E-state index in [1.807, 2.05) is 0 Å². The zero-order valence-electron chi connectivity index (χ0n) is 13.5. The normalized spacial score (nSPS) is 18.4. The quantitative estimate of drug-likeness (QED) is 0.831. The Morgan fingerprint density at radius 2 is 2.12 bits per heavy atom. The van der Waals surface area contributed by atoms with E-state index in [-0.39, 0.29) is 24.2 Å². The van der Waals surface area contributed by atoms with Gasteiger partial charge in [-0.25, -0.2) is 9.37 Å². The van der Waals surface area contributed by atoms with Gasteiger partial charge in [-0.15, -0.1) is 0 Å². The van der Waals surface area contributed by atoms with Crippen LogP contribution in [-0.4, -0.2) is 33.9 Å². The predicted molar refractivity (Wildman–Crippen MR) is 82.6 cm³/mol. The van der Waals surface area contributed by atoms with E-state index in [1.54, 1.807) is 11.8 Å². The Hall–Kier alpha value is -2.38. The minimum Gasteiger partial charge on any atom is -0.338 e. The number of benzene rings is 1. The van der Waals surface area contributed by atoms with Crippen LogP contribution in [0.1, 0.15) is 46.2 Å². The van der Waals surface area contributed by atoms with Gasteiger partial charge in [0.2, 0.25) is 0 Å². The second-order valence-corrected chi connectivity index (χ2v) is 6.23. The number of nitrogens with zero attached hydrogens (tertiary/aromatic N) is 2. The molecule has 1 saturated heterocycles. The number of likely N-dealkylation sites (tertiary alicyclic amines) is 1. The van der Waals surface area contributed by atoms with Crippen LogP contribution >= 0.6 is 0 Å². The molecule has 2 aromatic rings. The second kappa shape index (κ2) is 6.50. The van der Waals surface area contributed by atoms with Gasteiger partial charge < -0.3 is 9.88 Å². The molecule has 8 heteroatoms. The number of imidazole rings is 1. The fraction of sp³-hybridized carbons (Fsp3) is 0.412. The smallest absolute Gasteiger partial charge is 0.338 e. The van der Waals surface area contributed by atoms with Crippen LogP contribution in [-0.2, 0) is 6.18 Å². The maximum Gasteiger partial charge on any atom is 0.432 e. The molecule has 3 rings (SSSR count). The molecule has 0 spiro atoms. The number of aromatic nitrogens is 2. The number of halogens is 4. The summed E-state index contributed by atoms with van der Waals surface area (Å²) in [5.74, 6) is -0.708. The molecule has 1 aromatic carbocycles. The Bertz CT molecular complexity index is 784. The molecule has 134 valence electrons. The van der Waals surface area contributed by atoms with E-state index in [0.717, 1.165) is 6.20 Å². The molecule has 1 aromatic heterocycles. The van der Waals surface area contributed by atoms with Crippen molar-refractivity contribution in [2.24, 2.45) is 0 Å². The number of carbonyl (C=O) groups excluding carboxylic acids is 1. The lowest BCUT2D eigenvalue weighted by Gasteiger charge is -2.32. The van der Waals surface area contributed by atoms with Crippen molar-refractivity contribution in [1.82, 2.24) is 14.9 Å². The SMILES string of the molecule is Cc1cc(F)ccc1C(=O)N1CCCC(c2ncc(C(F)(F)F)[nH]2)C1. The highest BCUT2D eigenvalue weighted by molar-refractivity contribution is 5.95. The number of hydrogen-bond donors (Lipinski definition) is 1. The first-order valence-electron chi connectivity index (χ1n) is 7.93. The van der Waals surface area contributed by atoms with Gasteiger partial charge >= 0.3 is 6.18 Å². The summed E-state index contributed by atoms with van der Waals surface area (Å²) in [5.41, 5.74) is 0.0438. The van der Waals surface area contributed by atoms with E-state index in [2.05, 4.69) is 9.97 Å². The molecular weight excluding hydrogens is 338 g/mol. The first-order valence-corrected chi connectivity index (χ1v) is 7.93. The van der Waals surface area contributed by atoms with Gasteiger partial charge in [-0.05, 0) is 43.5 Å². The zero-order chi connectivity index (χ0) is 18.2. The van der Waals surface area contributed by atoms with Crippen LogP contribution in [0, 0.1) is 12.7 Å². The third kappa shape index (κ3) is 3.67. The van der Waals surface area contributed by atoms with Crippen LogP contribution in [0.4, 0.5) is 17.6 Å². The number of rotatable bonds is 2. The van der Waals surface area contributed by atoms with E-state index in [4.69, 9.17) is 0 Å². The minimum absolute atomic E-state index is 0.237. The average Bonchev–Trinajstić information content (AvgIpc) is 3.05. The van der Waals surface area contributed by atoms with Crippen LogP contribution in [0.3, 0.4) is 0 Å². The van der Waals surface area contributed by atoms with E-state index in [1.165, 1.54) is 18.2 Å². The third-order valence-electron chi connectivity index (χ3n) is 4.42. The topological polar surface area (TPSA) is 49.0 Å². The number of alkyl halides is 3. The van der Waals surface area contributed by atoms with Crippen LogP contribution in [0.5, 0.6) is 0 Å². The predicted octanol–water partition coefficient (Wildman–Crippen LogP) is 3.90. The highest BCUT2D eigenvalue weighted by atomic mass is 19.4. The van der Waals surface area contributed by atoms with Gasteiger partial charge in [0.15, 0.2) is 0 Å². The van der Waals surface area contributed by atoms with E-state index >= 15 is 0 Å². The summed E-state index contributed by atoms with van der Waals surface area (Å²) in [7, 11) is 0. The number of aromatic amines is 1. The van der Waals surface area contributed by atoms with E-state index in [9.17, 15) is 22.4 Å². The summed E-state index contributed by atoms with van der Waals surface area (Å²) in [6.07, 6.45) is -2.38. The van der Waals surface area contributed by atoms with Gasteiger partial charge in [-0.1, -0.05) is 0 Å². The number of nitrogens with one attached hydrogen (secondary N) is 1. The minimum atomic E-state index is -4.47. The number of H-pyrrole nitrogens is 1. The largest absolute Gasteiger partial charge is 0.432 e. The lowest BCUT2D eigenvalue weighted by molar-refractivity contribution is -0.141. The average molecular weight is 355 g/mol. The van der Waals surface area contributed by atoms with Gasteiger partial charge in [0.1, 0.15) is 17.3 Å². The van der Waals surface area contributed by atoms with E-state index in [0.29, 0.717) is 30.5 Å². The third-order valence-corrected chi connectivity index (χ3v) is 4.42. The molecule has 1 aliphatic heterocycles. The van der Waals surface area contributed by atoms with Crippen LogP contribution in [0.25, 0.3) is 0 Å². The summed E-state index contributed by atoms with van der Waals surface area (Å²) in [5, 5.41) is 0. The van der Waals surface area contributed by atoms with Crippen molar-refractivity contribution in [2.45, 2.75) is 31.9 Å². The molecule has 25 heavy (non-hydrogen) atoms. The van der Waals surface area contributed by atoms with Crippen LogP contribution in [0.2, 0.25) is 0 Å². The van der Waals surface area contributed by atoms with Gasteiger partial charge in [0.05, 0.1) is 6.20 Å². The van der Waals surface area contributed by atoms with Crippen molar-refractivity contribution in [3.05, 3.63) is 52.9 Å². The lowest BCUT2D eigenvalue weighted by atomic mass is 9.96. The fourth-order valence-electron chi connectivity index (χ4n) is 3.11. The lowest BCUT2D eigenvalue weighted by Crippen LogP contribution is -2.39. The van der Waals surface area contributed by atoms with Crippen molar-refractivity contribution in [2.75, 3.05) is 13.1 Å². The molecule has 0 saturated carbocycles. The Balaban J connectivity index is 1.77. The molecule has 1 amide bonds. The first kappa shape index (κ1) is 17.4. The molecule has 1 unspecified atom stereocenters. The number of amides is 1. The van der Waals surface area contributed by atoms with Crippen molar-refractivity contribution < 1.29 is 22.4 Å². The van der Waals surface area contributed by atoms with Crippen molar-refractivity contribution in [3.63, 3.8) is 0 Å². The molecular formula is C17H17F4N3O. The standard InChI is InChI=1S/C17H17F4N3O/c1-10-7-12(18)4-5-13(10)16(25)24-6-2-3-11(9-24)15-22-8-14(23-15)17(19,20)21/h4-5,7-8,11H,2-3,6,9H2,1H3,(H,22,23). The monoisotopic (exact) mass is 355 g/mol. The maximum atomic E-state index is 13.2. The van der Waals surface area contributed by atoms with E-state index < -0.39 is 17.7 Å². The number of hydrogen-bond acceptors (Lipinski definition) is 2. The fourth-order valence-corrected chi connectivity index (χ4v) is 3.11. The van der Waals surface area contributed by atoms with Crippen molar-refractivity contribution in [3.8, 4) is 0 Å². The van der Waals surface area contributed by atoms with Gasteiger partial charge in [-0.3, -0.25) is 4.79 Å². The maximum absolute atomic E-state index is 13.2. The van der Waals surface area contributed by atoms with Crippen molar-refractivity contribution >= 4 is 5.91 Å². The Kier molecular flexibility index (Phi) is 4.53. The molecule has 1 atom stereocenters. The summed E-state index contributed by atoms with van der Waals surface area (Å²) in [4.78, 5) is 20.4. The number of carbonyl (C=O) groups is 1. The summed E-state index contributed by atoms with van der Waals surface area (Å²) in [6, 6.07) is 3.95. The zero-order valence-corrected chi connectivity index (χ0v) is 13.5. The van der Waals surface area contributed by atoms with Gasteiger partial charge in [0.25, 0.3) is 5.91 Å². The van der Waals surface area contributed by atoms with Crippen LogP contribution < -0.4 is 0 Å². The van der Waals surface area contributed by atoms with Crippen LogP contribution in [0.15, 0.2) is 24.4 Å². The molecule has 0 bridgehead atoms. The van der Waals surface area contributed by atoms with Crippen molar-refractivity contribution in [1.29, 1.82) is 0 Å². The summed E-state index contributed by atoms with van der Waals surface area (Å²) in [6.45, 7) is 2.44. The Morgan fingerprint density at radius 3 is 2.76 bits per heavy atom. The summed E-state index contributed by atoms with van der Waals surface area (Å²) >= 11 is 0. The highest BCUT2D eigenvalue weighted by Gasteiger charge is 2.35. The second-order valence-electron chi connectivity index (χ2n) is 6.23.